The maximum Gasteiger partial charge on any atom is 0.195 e. The maximum atomic E-state index is 6.20. The van der Waals surface area contributed by atoms with E-state index in [1.54, 1.807) is 0 Å². The minimum Gasteiger partial charge on any atom is -0.445 e. The van der Waals surface area contributed by atoms with Crippen LogP contribution in [0.1, 0.15) is 63.5 Å². The number of hydrogen-bond acceptors (Lipinski definition) is 3. The van der Waals surface area contributed by atoms with Crippen LogP contribution in [0.2, 0.25) is 0 Å². The van der Waals surface area contributed by atoms with Crippen molar-refractivity contribution in [2.45, 2.75) is 63.7 Å². The van der Waals surface area contributed by atoms with Crippen molar-refractivity contribution in [1.29, 1.82) is 0 Å². The molecule has 1 N–H and O–H groups in total. The molecule has 4 saturated carbocycles. The molecule has 4 aliphatic rings. The van der Waals surface area contributed by atoms with E-state index in [0.29, 0.717) is 5.41 Å². The summed E-state index contributed by atoms with van der Waals surface area (Å²) in [5, 5.41) is 3.43. The summed E-state index contributed by atoms with van der Waals surface area (Å²) in [6.07, 6.45) is 12.7. The lowest BCUT2D eigenvalue weighted by Gasteiger charge is -2.55. The van der Waals surface area contributed by atoms with Gasteiger partial charge in [-0.2, -0.15) is 0 Å². The van der Waals surface area contributed by atoms with Crippen LogP contribution in [0.3, 0.4) is 0 Å². The summed E-state index contributed by atoms with van der Waals surface area (Å²) >= 11 is 0. The smallest absolute Gasteiger partial charge is 0.195 e. The average molecular weight is 288 g/mol. The molecule has 1 aromatic heterocycles. The first kappa shape index (κ1) is 13.8. The summed E-state index contributed by atoms with van der Waals surface area (Å²) in [6, 6.07) is 0. The Hall–Kier alpha value is -0.830. The molecule has 0 aliphatic heterocycles. The highest BCUT2D eigenvalue weighted by Gasteiger charge is 2.53. The molecule has 116 valence electrons. The van der Waals surface area contributed by atoms with Crippen molar-refractivity contribution in [3.05, 3.63) is 17.8 Å². The standard InChI is InChI=1S/C18H28N2O/c1-2-4-19-5-3-17-20-12-16(21-17)18-9-13-6-14(10-18)8-15(7-13)11-18/h12-15,19H,2-11H2,1H3. The Morgan fingerprint density at radius 2 is 1.81 bits per heavy atom. The molecule has 0 atom stereocenters. The SMILES string of the molecule is CCCNCCc1ncc(C23CC4CC(CC(C4)C2)C3)o1. The van der Waals surface area contributed by atoms with Gasteiger partial charge in [-0.25, -0.2) is 4.98 Å². The van der Waals surface area contributed by atoms with Crippen LogP contribution in [0.4, 0.5) is 0 Å². The largest absolute Gasteiger partial charge is 0.445 e. The number of nitrogens with one attached hydrogen (secondary N) is 1. The molecular weight excluding hydrogens is 260 g/mol. The van der Waals surface area contributed by atoms with Crippen molar-refractivity contribution >= 4 is 0 Å². The van der Waals surface area contributed by atoms with Crippen LogP contribution in [0.15, 0.2) is 10.6 Å². The molecule has 0 aromatic carbocycles. The molecule has 0 spiro atoms. The fourth-order valence-electron chi connectivity index (χ4n) is 5.58. The van der Waals surface area contributed by atoms with Crippen LogP contribution in [-0.2, 0) is 11.8 Å². The zero-order chi connectivity index (χ0) is 14.3. The Bertz CT molecular complexity index is 458. The van der Waals surface area contributed by atoms with E-state index in [4.69, 9.17) is 4.42 Å². The summed E-state index contributed by atoms with van der Waals surface area (Å²) in [4.78, 5) is 4.56. The maximum absolute atomic E-state index is 6.20. The van der Waals surface area contributed by atoms with E-state index in [0.717, 1.165) is 43.2 Å². The van der Waals surface area contributed by atoms with Gasteiger partial charge in [-0.1, -0.05) is 6.92 Å². The minimum atomic E-state index is 0.358. The molecule has 0 radical (unpaired) electrons. The number of hydrogen-bond donors (Lipinski definition) is 1. The van der Waals surface area contributed by atoms with E-state index in [-0.39, 0.29) is 0 Å². The van der Waals surface area contributed by atoms with Gasteiger partial charge in [0.1, 0.15) is 5.76 Å². The van der Waals surface area contributed by atoms with E-state index in [9.17, 15) is 0 Å². The molecule has 0 saturated heterocycles. The molecule has 4 bridgehead atoms. The Kier molecular flexibility index (Phi) is 3.56. The highest BCUT2D eigenvalue weighted by Crippen LogP contribution is 2.60. The van der Waals surface area contributed by atoms with Gasteiger partial charge in [-0.3, -0.25) is 0 Å². The summed E-state index contributed by atoms with van der Waals surface area (Å²) in [5.74, 6) is 5.06. The first-order valence-corrected chi connectivity index (χ1v) is 8.93. The second-order valence-corrected chi connectivity index (χ2v) is 7.82. The molecule has 4 fully saturated rings. The van der Waals surface area contributed by atoms with Crippen molar-refractivity contribution in [3.8, 4) is 0 Å². The number of rotatable bonds is 6. The quantitative estimate of drug-likeness (QED) is 0.811. The van der Waals surface area contributed by atoms with Gasteiger partial charge in [0.25, 0.3) is 0 Å². The normalized spacial score (nSPS) is 37.3. The number of aromatic nitrogens is 1. The van der Waals surface area contributed by atoms with Crippen LogP contribution in [0, 0.1) is 17.8 Å². The molecule has 5 rings (SSSR count). The van der Waals surface area contributed by atoms with Gasteiger partial charge in [0.15, 0.2) is 5.89 Å². The van der Waals surface area contributed by atoms with E-state index < -0.39 is 0 Å². The fourth-order valence-corrected chi connectivity index (χ4v) is 5.58. The monoisotopic (exact) mass is 288 g/mol. The van der Waals surface area contributed by atoms with E-state index >= 15 is 0 Å². The van der Waals surface area contributed by atoms with Crippen LogP contribution in [0.25, 0.3) is 0 Å². The lowest BCUT2D eigenvalue weighted by molar-refractivity contribution is -0.0155. The lowest BCUT2D eigenvalue weighted by atomic mass is 9.49. The van der Waals surface area contributed by atoms with Crippen LogP contribution >= 0.6 is 0 Å². The Balaban J connectivity index is 1.45. The summed E-state index contributed by atoms with van der Waals surface area (Å²) in [7, 11) is 0. The van der Waals surface area contributed by atoms with Gasteiger partial charge in [0.05, 0.1) is 6.20 Å². The Labute approximate surface area is 127 Å². The first-order valence-electron chi connectivity index (χ1n) is 8.93. The molecule has 3 nitrogen and oxygen atoms in total. The fraction of sp³-hybridized carbons (Fsp3) is 0.833. The van der Waals surface area contributed by atoms with Gasteiger partial charge in [0, 0.05) is 18.4 Å². The average Bonchev–Trinajstić information content (AvgIpc) is 2.92. The van der Waals surface area contributed by atoms with Crippen LogP contribution in [-0.4, -0.2) is 18.1 Å². The van der Waals surface area contributed by atoms with Crippen molar-refractivity contribution < 1.29 is 4.42 Å². The minimum absolute atomic E-state index is 0.358. The van der Waals surface area contributed by atoms with Crippen molar-refractivity contribution in [2.24, 2.45) is 17.8 Å². The Morgan fingerprint density at radius 3 is 2.43 bits per heavy atom. The second-order valence-electron chi connectivity index (χ2n) is 7.82. The summed E-state index contributed by atoms with van der Waals surface area (Å²) in [6.45, 7) is 4.26. The second kappa shape index (κ2) is 5.42. The predicted molar refractivity (Wildman–Crippen MR) is 83.2 cm³/mol. The van der Waals surface area contributed by atoms with Crippen molar-refractivity contribution in [2.75, 3.05) is 13.1 Å². The van der Waals surface area contributed by atoms with Crippen LogP contribution < -0.4 is 5.32 Å². The molecule has 3 heteroatoms. The zero-order valence-corrected chi connectivity index (χ0v) is 13.2. The molecule has 1 aromatic rings. The third-order valence-electron chi connectivity index (χ3n) is 6.06. The molecular formula is C18H28N2O. The summed E-state index contributed by atoms with van der Waals surface area (Å²) in [5.41, 5.74) is 0.358. The molecule has 0 unspecified atom stereocenters. The molecule has 0 amide bonds. The van der Waals surface area contributed by atoms with E-state index in [1.165, 1.54) is 50.7 Å². The molecule has 4 aliphatic carbocycles. The lowest BCUT2D eigenvalue weighted by Crippen LogP contribution is -2.48. The number of oxazole rings is 1. The topological polar surface area (TPSA) is 38.1 Å². The van der Waals surface area contributed by atoms with Gasteiger partial charge in [-0.05, 0) is 69.2 Å². The molecule has 21 heavy (non-hydrogen) atoms. The van der Waals surface area contributed by atoms with E-state index in [2.05, 4.69) is 23.4 Å². The highest BCUT2D eigenvalue weighted by atomic mass is 16.4. The van der Waals surface area contributed by atoms with Crippen molar-refractivity contribution in [3.63, 3.8) is 0 Å². The highest BCUT2D eigenvalue weighted by molar-refractivity contribution is 5.19. The third kappa shape index (κ3) is 2.54. The Morgan fingerprint density at radius 1 is 1.14 bits per heavy atom. The summed E-state index contributed by atoms with van der Waals surface area (Å²) < 4.78 is 6.20. The predicted octanol–water partition coefficient (Wildman–Crippen LogP) is 3.68. The van der Waals surface area contributed by atoms with Gasteiger partial charge < -0.3 is 9.73 Å². The van der Waals surface area contributed by atoms with Crippen molar-refractivity contribution in [1.82, 2.24) is 10.3 Å². The van der Waals surface area contributed by atoms with Gasteiger partial charge in [0.2, 0.25) is 0 Å². The van der Waals surface area contributed by atoms with Crippen LogP contribution in [0.5, 0.6) is 0 Å². The first-order chi connectivity index (χ1) is 10.3. The molecule has 1 heterocycles. The third-order valence-corrected chi connectivity index (χ3v) is 6.06. The number of nitrogens with zero attached hydrogens (tertiary/aromatic N) is 1. The van der Waals surface area contributed by atoms with E-state index in [1.807, 2.05) is 0 Å². The van der Waals surface area contributed by atoms with Gasteiger partial charge in [-0.15, -0.1) is 0 Å². The zero-order valence-electron chi connectivity index (χ0n) is 13.2. The van der Waals surface area contributed by atoms with Gasteiger partial charge >= 0.3 is 0 Å².